The molecule has 1 aliphatic rings. The summed E-state index contributed by atoms with van der Waals surface area (Å²) >= 11 is 0. The van der Waals surface area contributed by atoms with Gasteiger partial charge >= 0.3 is 0 Å². The van der Waals surface area contributed by atoms with Gasteiger partial charge in [0.1, 0.15) is 10.7 Å². The molecule has 0 radical (unpaired) electrons. The standard InChI is InChI=1S/C12H19N3O3S/c1-3-13-12-5-4-11(8-14-12)19(16,17)15(2)10-6-7-18-9-10/h4-5,8,10H,3,6-7,9H2,1-2H3,(H,13,14). The van der Waals surface area contributed by atoms with Crippen molar-refractivity contribution in [2.24, 2.45) is 0 Å². The highest BCUT2D eigenvalue weighted by Gasteiger charge is 2.30. The van der Waals surface area contributed by atoms with Gasteiger partial charge in [0, 0.05) is 26.4 Å². The van der Waals surface area contributed by atoms with Crippen molar-refractivity contribution in [3.05, 3.63) is 18.3 Å². The molecular formula is C12H19N3O3S. The van der Waals surface area contributed by atoms with Crippen LogP contribution >= 0.6 is 0 Å². The maximum absolute atomic E-state index is 12.4. The van der Waals surface area contributed by atoms with Gasteiger partial charge in [0.15, 0.2) is 0 Å². The van der Waals surface area contributed by atoms with Crippen LogP contribution in [-0.4, -0.2) is 50.6 Å². The Hall–Kier alpha value is -1.18. The average molecular weight is 285 g/mol. The van der Waals surface area contributed by atoms with Gasteiger partial charge in [0.2, 0.25) is 10.0 Å². The van der Waals surface area contributed by atoms with Crippen LogP contribution in [0.3, 0.4) is 0 Å². The number of hydrogen-bond donors (Lipinski definition) is 1. The molecular weight excluding hydrogens is 266 g/mol. The molecule has 1 saturated heterocycles. The molecule has 0 bridgehead atoms. The van der Waals surface area contributed by atoms with E-state index in [1.807, 2.05) is 6.92 Å². The summed E-state index contributed by atoms with van der Waals surface area (Å²) in [6, 6.07) is 3.17. The van der Waals surface area contributed by atoms with Crippen molar-refractivity contribution in [1.29, 1.82) is 0 Å². The first-order valence-electron chi connectivity index (χ1n) is 6.31. The van der Waals surface area contributed by atoms with Crippen molar-refractivity contribution in [3.8, 4) is 0 Å². The zero-order valence-electron chi connectivity index (χ0n) is 11.2. The van der Waals surface area contributed by atoms with Crippen molar-refractivity contribution >= 4 is 15.8 Å². The Labute approximate surface area is 113 Å². The molecule has 1 fully saturated rings. The second kappa shape index (κ2) is 5.85. The summed E-state index contributed by atoms with van der Waals surface area (Å²) in [5.74, 6) is 0.674. The minimum Gasteiger partial charge on any atom is -0.380 e. The van der Waals surface area contributed by atoms with Crippen LogP contribution in [0, 0.1) is 0 Å². The average Bonchev–Trinajstić information content (AvgIpc) is 2.92. The van der Waals surface area contributed by atoms with Gasteiger partial charge in [-0.3, -0.25) is 0 Å². The topological polar surface area (TPSA) is 71.5 Å². The normalized spacial score (nSPS) is 19.8. The third kappa shape index (κ3) is 3.05. The van der Waals surface area contributed by atoms with E-state index in [0.29, 0.717) is 19.0 Å². The summed E-state index contributed by atoms with van der Waals surface area (Å²) in [5, 5.41) is 3.03. The Balaban J connectivity index is 2.18. The second-order valence-electron chi connectivity index (χ2n) is 4.45. The number of pyridine rings is 1. The summed E-state index contributed by atoms with van der Waals surface area (Å²) < 4.78 is 31.4. The molecule has 0 saturated carbocycles. The fourth-order valence-corrected chi connectivity index (χ4v) is 3.31. The first-order chi connectivity index (χ1) is 9.05. The van der Waals surface area contributed by atoms with Crippen molar-refractivity contribution in [1.82, 2.24) is 9.29 Å². The lowest BCUT2D eigenvalue weighted by Gasteiger charge is -2.22. The monoisotopic (exact) mass is 285 g/mol. The second-order valence-corrected chi connectivity index (χ2v) is 6.45. The summed E-state index contributed by atoms with van der Waals surface area (Å²) in [6.45, 7) is 3.78. The third-order valence-electron chi connectivity index (χ3n) is 3.19. The van der Waals surface area contributed by atoms with Gasteiger partial charge in [-0.15, -0.1) is 0 Å². The Morgan fingerprint density at radius 2 is 2.32 bits per heavy atom. The van der Waals surface area contributed by atoms with E-state index in [-0.39, 0.29) is 10.9 Å². The smallest absolute Gasteiger partial charge is 0.244 e. The van der Waals surface area contributed by atoms with Gasteiger partial charge in [0.25, 0.3) is 0 Å². The summed E-state index contributed by atoms with van der Waals surface area (Å²) in [4.78, 5) is 4.31. The molecule has 1 aliphatic heterocycles. The lowest BCUT2D eigenvalue weighted by Crippen LogP contribution is -2.37. The first-order valence-corrected chi connectivity index (χ1v) is 7.75. The lowest BCUT2D eigenvalue weighted by atomic mass is 10.3. The molecule has 7 heteroatoms. The predicted molar refractivity (Wildman–Crippen MR) is 72.6 cm³/mol. The number of anilines is 1. The summed E-state index contributed by atoms with van der Waals surface area (Å²) in [6.07, 6.45) is 2.12. The number of rotatable bonds is 5. The Kier molecular flexibility index (Phi) is 4.38. The Bertz CT molecular complexity index is 510. The number of hydrogen-bond acceptors (Lipinski definition) is 5. The number of sulfonamides is 1. The Morgan fingerprint density at radius 1 is 1.53 bits per heavy atom. The molecule has 1 unspecified atom stereocenters. The molecule has 6 nitrogen and oxygen atoms in total. The largest absolute Gasteiger partial charge is 0.380 e. The van der Waals surface area contributed by atoms with Crippen LogP contribution in [-0.2, 0) is 14.8 Å². The van der Waals surface area contributed by atoms with E-state index >= 15 is 0 Å². The van der Waals surface area contributed by atoms with Gasteiger partial charge in [-0.1, -0.05) is 0 Å². The van der Waals surface area contributed by atoms with Gasteiger partial charge < -0.3 is 10.1 Å². The van der Waals surface area contributed by atoms with Crippen LogP contribution in [0.5, 0.6) is 0 Å². The highest BCUT2D eigenvalue weighted by Crippen LogP contribution is 2.20. The summed E-state index contributed by atoms with van der Waals surface area (Å²) in [5.41, 5.74) is 0. The molecule has 1 aromatic rings. The van der Waals surface area contributed by atoms with Crippen molar-refractivity contribution in [2.75, 3.05) is 32.1 Å². The minimum atomic E-state index is -3.49. The van der Waals surface area contributed by atoms with Crippen LogP contribution in [0.1, 0.15) is 13.3 Å². The fourth-order valence-electron chi connectivity index (χ4n) is 1.99. The Morgan fingerprint density at radius 3 is 2.84 bits per heavy atom. The molecule has 19 heavy (non-hydrogen) atoms. The van der Waals surface area contributed by atoms with Crippen LogP contribution in [0.2, 0.25) is 0 Å². The number of aromatic nitrogens is 1. The minimum absolute atomic E-state index is 0.0848. The number of nitrogens with one attached hydrogen (secondary N) is 1. The summed E-state index contributed by atoms with van der Waals surface area (Å²) in [7, 11) is -1.90. The molecule has 0 spiro atoms. The van der Waals surface area contributed by atoms with E-state index < -0.39 is 10.0 Å². The third-order valence-corrected chi connectivity index (χ3v) is 5.08. The van der Waals surface area contributed by atoms with E-state index in [0.717, 1.165) is 13.0 Å². The van der Waals surface area contributed by atoms with E-state index in [1.165, 1.54) is 10.5 Å². The predicted octanol–water partition coefficient (Wildman–Crippen LogP) is 0.923. The molecule has 0 amide bonds. The van der Waals surface area contributed by atoms with Crippen LogP contribution < -0.4 is 5.32 Å². The van der Waals surface area contributed by atoms with Crippen LogP contribution in [0.25, 0.3) is 0 Å². The maximum Gasteiger partial charge on any atom is 0.244 e. The molecule has 1 N–H and O–H groups in total. The molecule has 0 aliphatic carbocycles. The highest BCUT2D eigenvalue weighted by atomic mass is 32.2. The van der Waals surface area contributed by atoms with Gasteiger partial charge in [-0.2, -0.15) is 4.31 Å². The number of ether oxygens (including phenoxy) is 1. The zero-order chi connectivity index (χ0) is 13.9. The quantitative estimate of drug-likeness (QED) is 0.871. The molecule has 1 atom stereocenters. The lowest BCUT2D eigenvalue weighted by molar-refractivity contribution is 0.181. The maximum atomic E-state index is 12.4. The van der Waals surface area contributed by atoms with Gasteiger partial charge in [0.05, 0.1) is 12.6 Å². The molecule has 106 valence electrons. The fraction of sp³-hybridized carbons (Fsp3) is 0.583. The van der Waals surface area contributed by atoms with Crippen molar-refractivity contribution in [3.63, 3.8) is 0 Å². The van der Waals surface area contributed by atoms with Crippen molar-refractivity contribution < 1.29 is 13.2 Å². The van der Waals surface area contributed by atoms with Gasteiger partial charge in [-0.25, -0.2) is 13.4 Å². The van der Waals surface area contributed by atoms with E-state index in [4.69, 9.17) is 4.74 Å². The number of likely N-dealkylation sites (N-methyl/N-ethyl adjacent to an activating group) is 1. The highest BCUT2D eigenvalue weighted by molar-refractivity contribution is 7.89. The van der Waals surface area contributed by atoms with Crippen LogP contribution in [0.4, 0.5) is 5.82 Å². The van der Waals surface area contributed by atoms with Crippen molar-refractivity contribution in [2.45, 2.75) is 24.3 Å². The van der Waals surface area contributed by atoms with E-state index in [9.17, 15) is 8.42 Å². The zero-order valence-corrected chi connectivity index (χ0v) is 12.0. The van der Waals surface area contributed by atoms with Gasteiger partial charge in [-0.05, 0) is 25.5 Å². The number of nitrogens with zero attached hydrogens (tertiary/aromatic N) is 2. The molecule has 2 heterocycles. The first kappa shape index (κ1) is 14.2. The molecule has 1 aromatic heterocycles. The SMILES string of the molecule is CCNc1ccc(S(=O)(=O)N(C)C2CCOC2)cn1. The van der Waals surface area contributed by atoms with Crippen LogP contribution in [0.15, 0.2) is 23.2 Å². The molecule has 2 rings (SSSR count). The molecule has 0 aromatic carbocycles. The van der Waals surface area contributed by atoms with E-state index in [1.54, 1.807) is 19.2 Å². The van der Waals surface area contributed by atoms with E-state index in [2.05, 4.69) is 10.3 Å².